The fourth-order valence-electron chi connectivity index (χ4n) is 0.912. The van der Waals surface area contributed by atoms with Gasteiger partial charge in [0, 0.05) is 33.0 Å². The average Bonchev–Trinajstić information content (AvgIpc) is 2.03. The van der Waals surface area contributed by atoms with Gasteiger partial charge in [0.15, 0.2) is 0 Å². The Labute approximate surface area is 69.9 Å². The van der Waals surface area contributed by atoms with Crippen LogP contribution in [0.4, 0.5) is 0 Å². The third kappa shape index (κ3) is 4.49. The molecule has 68 valence electrons. The van der Waals surface area contributed by atoms with E-state index in [2.05, 4.69) is 12.2 Å². The molecule has 0 heterocycles. The predicted molar refractivity (Wildman–Crippen MR) is 47.7 cm³/mol. The predicted octanol–water partition coefficient (Wildman–Crippen LogP) is -1.02. The van der Waals surface area contributed by atoms with Crippen molar-refractivity contribution in [3.05, 3.63) is 0 Å². The molecule has 0 saturated heterocycles. The first-order valence-electron chi connectivity index (χ1n) is 3.75. The van der Waals surface area contributed by atoms with E-state index >= 15 is 0 Å². The smallest absolute Gasteiger partial charge is 0.338 e. The molecule has 0 amide bonds. The van der Waals surface area contributed by atoms with E-state index < -0.39 is 9.28 Å². The van der Waals surface area contributed by atoms with Crippen LogP contribution in [0.15, 0.2) is 0 Å². The summed E-state index contributed by atoms with van der Waals surface area (Å²) in [6, 6.07) is 0. The van der Waals surface area contributed by atoms with Crippen molar-refractivity contribution >= 4 is 9.28 Å². The van der Waals surface area contributed by atoms with Crippen LogP contribution in [0.3, 0.4) is 0 Å². The van der Waals surface area contributed by atoms with Crippen LogP contribution in [0.2, 0.25) is 0 Å². The van der Waals surface area contributed by atoms with Crippen molar-refractivity contribution in [1.29, 1.82) is 0 Å². The molecule has 0 aromatic carbocycles. The summed E-state index contributed by atoms with van der Waals surface area (Å²) >= 11 is 0. The summed E-state index contributed by atoms with van der Waals surface area (Å²) < 4.78 is 10.3. The summed E-state index contributed by atoms with van der Waals surface area (Å²) in [6.45, 7) is 3.52. The molecule has 4 nitrogen and oxygen atoms in total. The number of hydrogen-bond donors (Lipinski definition) is 2. The Morgan fingerprint density at radius 3 is 2.36 bits per heavy atom. The number of nitrogens with one attached hydrogen (secondary N) is 1. The van der Waals surface area contributed by atoms with Gasteiger partial charge in [-0.1, -0.05) is 0 Å². The molecule has 5 heteroatoms. The fraction of sp³-hybridized carbons (Fsp3) is 1.00. The zero-order valence-electron chi connectivity index (χ0n) is 7.46. The summed E-state index contributed by atoms with van der Waals surface area (Å²) in [7, 11) is 1.88. The third-order valence-corrected chi connectivity index (χ3v) is 3.46. The van der Waals surface area contributed by atoms with Gasteiger partial charge in [0.05, 0.1) is 0 Å². The molecule has 0 aromatic rings. The first-order valence-corrected chi connectivity index (χ1v) is 5.36. The number of nitrogens with two attached hydrogens (primary N) is 1. The van der Waals surface area contributed by atoms with Crippen LogP contribution < -0.4 is 11.1 Å². The van der Waals surface area contributed by atoms with Crippen molar-refractivity contribution in [3.8, 4) is 0 Å². The molecule has 0 aliphatic heterocycles. The highest BCUT2D eigenvalue weighted by atomic mass is 28.3. The minimum absolute atomic E-state index is 0.313. The molecular weight excluding hydrogens is 160 g/mol. The molecule has 0 rings (SSSR count). The van der Waals surface area contributed by atoms with Gasteiger partial charge in [0.1, 0.15) is 0 Å². The lowest BCUT2D eigenvalue weighted by atomic mass is 10.6. The summed E-state index contributed by atoms with van der Waals surface area (Å²) in [5, 5.41) is 3.22. The first-order chi connectivity index (χ1) is 5.26. The lowest BCUT2D eigenvalue weighted by Crippen LogP contribution is -2.45. The van der Waals surface area contributed by atoms with Gasteiger partial charge in [-0.25, -0.2) is 0 Å². The Morgan fingerprint density at radius 2 is 2.00 bits per heavy atom. The van der Waals surface area contributed by atoms with Crippen molar-refractivity contribution < 1.29 is 8.85 Å². The maximum absolute atomic E-state index is 5.33. The van der Waals surface area contributed by atoms with E-state index in [0.717, 1.165) is 6.54 Å². The van der Waals surface area contributed by atoms with Crippen LogP contribution >= 0.6 is 0 Å². The van der Waals surface area contributed by atoms with Crippen LogP contribution in [0.5, 0.6) is 0 Å². The van der Waals surface area contributed by atoms with Crippen molar-refractivity contribution in [1.82, 2.24) is 5.32 Å². The molecule has 3 N–H and O–H groups in total. The second-order valence-electron chi connectivity index (χ2n) is 2.37. The molecule has 0 fully saturated rings. The Morgan fingerprint density at radius 1 is 1.45 bits per heavy atom. The highest BCUT2D eigenvalue weighted by Gasteiger charge is 2.17. The number of hydrogen-bond acceptors (Lipinski definition) is 4. The Hall–Kier alpha value is 0.0569. The van der Waals surface area contributed by atoms with E-state index in [1.165, 1.54) is 0 Å². The summed E-state index contributed by atoms with van der Waals surface area (Å²) in [6.07, 6.45) is 0. The quantitative estimate of drug-likeness (QED) is 0.511. The highest BCUT2D eigenvalue weighted by molar-refractivity contribution is 6.46. The maximum atomic E-state index is 5.33. The van der Waals surface area contributed by atoms with Crippen LogP contribution in [0, 0.1) is 0 Å². The van der Waals surface area contributed by atoms with Crippen molar-refractivity contribution in [2.75, 3.05) is 27.3 Å². The molecule has 0 bridgehead atoms. The van der Waals surface area contributed by atoms with Crippen LogP contribution in [-0.4, -0.2) is 42.3 Å². The van der Waals surface area contributed by atoms with Gasteiger partial charge in [-0.3, -0.25) is 0 Å². The second-order valence-corrected chi connectivity index (χ2v) is 5.05. The topological polar surface area (TPSA) is 56.5 Å². The maximum Gasteiger partial charge on any atom is 0.338 e. The van der Waals surface area contributed by atoms with Crippen LogP contribution in [0.25, 0.3) is 0 Å². The second kappa shape index (κ2) is 6.75. The van der Waals surface area contributed by atoms with Gasteiger partial charge in [0.25, 0.3) is 0 Å². The third-order valence-electron chi connectivity index (χ3n) is 1.48. The first kappa shape index (κ1) is 11.1. The van der Waals surface area contributed by atoms with E-state index in [1.54, 1.807) is 14.2 Å². The minimum atomic E-state index is -1.48. The lowest BCUT2D eigenvalue weighted by molar-refractivity contribution is 0.262. The normalized spacial score (nSPS) is 13.9. The molecular formula is C6H18N2O2Si. The lowest BCUT2D eigenvalue weighted by Gasteiger charge is -2.19. The highest BCUT2D eigenvalue weighted by Crippen LogP contribution is 1.91. The molecule has 11 heavy (non-hydrogen) atoms. The van der Waals surface area contributed by atoms with E-state index in [-0.39, 0.29) is 0 Å². The fourth-order valence-corrected chi connectivity index (χ4v) is 2.28. The van der Waals surface area contributed by atoms with Gasteiger partial charge >= 0.3 is 9.28 Å². The van der Waals surface area contributed by atoms with E-state index in [9.17, 15) is 0 Å². The SMILES string of the molecule is CO[SiH](OC)C(C)NCCN. The van der Waals surface area contributed by atoms with Gasteiger partial charge in [-0.05, 0) is 6.92 Å². The van der Waals surface area contributed by atoms with Gasteiger partial charge in [-0.15, -0.1) is 0 Å². The summed E-state index contributed by atoms with van der Waals surface area (Å²) in [4.78, 5) is 0. The Bertz CT molecular complexity index is 90.7. The molecule has 0 saturated carbocycles. The van der Waals surface area contributed by atoms with Gasteiger partial charge in [0.2, 0.25) is 0 Å². The molecule has 0 aromatic heterocycles. The molecule has 0 aliphatic rings. The monoisotopic (exact) mass is 178 g/mol. The van der Waals surface area contributed by atoms with Crippen LogP contribution in [0.1, 0.15) is 6.92 Å². The molecule has 0 aliphatic carbocycles. The largest absolute Gasteiger partial charge is 0.399 e. The molecule has 0 spiro atoms. The summed E-state index contributed by atoms with van der Waals surface area (Å²) in [5.74, 6) is 0. The van der Waals surface area contributed by atoms with Crippen molar-refractivity contribution in [2.45, 2.75) is 12.6 Å². The van der Waals surface area contributed by atoms with E-state index in [1.807, 2.05) is 0 Å². The molecule has 1 unspecified atom stereocenters. The van der Waals surface area contributed by atoms with Crippen LogP contribution in [-0.2, 0) is 8.85 Å². The minimum Gasteiger partial charge on any atom is -0.399 e. The Balaban J connectivity index is 3.51. The number of rotatable bonds is 6. The van der Waals surface area contributed by atoms with Gasteiger partial charge in [-0.2, -0.15) is 0 Å². The molecule has 0 radical (unpaired) electrons. The standard InChI is InChI=1S/C6H18N2O2Si/c1-6(8-5-4-7)11(9-2)10-3/h6,8,11H,4-5,7H2,1-3H3. The van der Waals surface area contributed by atoms with Crippen molar-refractivity contribution in [2.24, 2.45) is 5.73 Å². The average molecular weight is 178 g/mol. The molecule has 1 atom stereocenters. The Kier molecular flexibility index (Phi) is 6.78. The van der Waals surface area contributed by atoms with E-state index in [0.29, 0.717) is 12.2 Å². The summed E-state index contributed by atoms with van der Waals surface area (Å²) in [5.41, 5.74) is 5.64. The van der Waals surface area contributed by atoms with E-state index in [4.69, 9.17) is 14.6 Å². The van der Waals surface area contributed by atoms with Crippen molar-refractivity contribution in [3.63, 3.8) is 0 Å². The zero-order valence-corrected chi connectivity index (χ0v) is 8.62. The van der Waals surface area contributed by atoms with Gasteiger partial charge < -0.3 is 19.9 Å². The zero-order chi connectivity index (χ0) is 8.69.